The van der Waals surface area contributed by atoms with Gasteiger partial charge in [0.1, 0.15) is 0 Å². The van der Waals surface area contributed by atoms with Crippen molar-refractivity contribution in [1.29, 1.82) is 0 Å². The number of ether oxygens (including phenoxy) is 1. The number of halogens is 1. The molecule has 1 aliphatic heterocycles. The maximum Gasteiger partial charge on any atom is 0.193 e. The van der Waals surface area contributed by atoms with Crippen LogP contribution >= 0.6 is 24.0 Å². The molecule has 1 aromatic carbocycles. The van der Waals surface area contributed by atoms with E-state index in [9.17, 15) is 0 Å². The lowest BCUT2D eigenvalue weighted by atomic mass is 9.54. The van der Waals surface area contributed by atoms with E-state index in [-0.39, 0.29) is 29.4 Å². The number of nitrogens with zero attached hydrogens (tertiary/aromatic N) is 1. The highest BCUT2D eigenvalue weighted by Gasteiger charge is 2.65. The van der Waals surface area contributed by atoms with E-state index in [1.165, 1.54) is 36.8 Å². The molecule has 132 valence electrons. The summed E-state index contributed by atoms with van der Waals surface area (Å²) in [5.41, 5.74) is 10.0. The minimum atomic E-state index is 0. The number of nitrogens with two attached hydrogens (primary N) is 1. The monoisotopic (exact) mass is 441 g/mol. The summed E-state index contributed by atoms with van der Waals surface area (Å²) >= 11 is 0. The third-order valence-corrected chi connectivity index (χ3v) is 6.01. The molecule has 0 aromatic heterocycles. The fraction of sp³-hybridized carbons (Fsp3) is 0.632. The Labute approximate surface area is 161 Å². The Kier molecular flexibility index (Phi) is 5.12. The number of aryl methyl sites for hydroxylation is 2. The molecule has 4 rings (SSSR count). The number of benzene rings is 1. The molecule has 0 bridgehead atoms. The molecule has 3 fully saturated rings. The second-order valence-electron chi connectivity index (χ2n) is 7.64. The van der Waals surface area contributed by atoms with Crippen LogP contribution in [0, 0.1) is 25.2 Å². The number of rotatable bonds is 2. The van der Waals surface area contributed by atoms with Gasteiger partial charge in [0.2, 0.25) is 0 Å². The summed E-state index contributed by atoms with van der Waals surface area (Å²) in [7, 11) is 0. The van der Waals surface area contributed by atoms with Gasteiger partial charge in [-0.1, -0.05) is 18.9 Å². The molecule has 1 saturated heterocycles. The quantitative estimate of drug-likeness (QED) is 0.415. The lowest BCUT2D eigenvalue weighted by Crippen LogP contribution is -2.61. The van der Waals surface area contributed by atoms with Crippen LogP contribution in [-0.2, 0) is 4.74 Å². The van der Waals surface area contributed by atoms with Crippen LogP contribution < -0.4 is 11.1 Å². The van der Waals surface area contributed by atoms with Gasteiger partial charge in [-0.15, -0.1) is 24.0 Å². The van der Waals surface area contributed by atoms with Crippen molar-refractivity contribution in [3.63, 3.8) is 0 Å². The molecule has 0 radical (unpaired) electrons. The first-order valence-corrected chi connectivity index (χ1v) is 8.89. The van der Waals surface area contributed by atoms with Crippen molar-refractivity contribution in [2.75, 3.05) is 11.9 Å². The van der Waals surface area contributed by atoms with Crippen molar-refractivity contribution >= 4 is 35.6 Å². The van der Waals surface area contributed by atoms with Crippen LogP contribution in [0.15, 0.2) is 23.2 Å². The van der Waals surface area contributed by atoms with Crippen molar-refractivity contribution in [1.82, 2.24) is 0 Å². The van der Waals surface area contributed by atoms with Crippen LogP contribution in [0.25, 0.3) is 0 Å². The number of guanidine groups is 1. The van der Waals surface area contributed by atoms with Gasteiger partial charge in [0.25, 0.3) is 0 Å². The van der Waals surface area contributed by atoms with E-state index in [0.29, 0.717) is 24.0 Å². The van der Waals surface area contributed by atoms with E-state index < -0.39 is 0 Å². The van der Waals surface area contributed by atoms with E-state index in [1.54, 1.807) is 0 Å². The summed E-state index contributed by atoms with van der Waals surface area (Å²) < 4.78 is 6.02. The number of nitrogens with one attached hydrogen (secondary N) is 1. The third-order valence-electron chi connectivity index (χ3n) is 6.01. The summed E-state index contributed by atoms with van der Waals surface area (Å²) in [5.74, 6) is 1.13. The maximum absolute atomic E-state index is 6.25. The summed E-state index contributed by atoms with van der Waals surface area (Å²) in [6.07, 6.45) is 6.69. The molecular formula is C19H28IN3O. The zero-order chi connectivity index (χ0) is 16.0. The summed E-state index contributed by atoms with van der Waals surface area (Å²) in [4.78, 5) is 4.92. The van der Waals surface area contributed by atoms with Gasteiger partial charge in [-0.25, -0.2) is 4.99 Å². The fourth-order valence-electron chi connectivity index (χ4n) is 5.21. The van der Waals surface area contributed by atoms with Gasteiger partial charge in [-0.3, -0.25) is 0 Å². The van der Waals surface area contributed by atoms with Crippen LogP contribution in [0.4, 0.5) is 5.69 Å². The molecule has 2 saturated carbocycles. The van der Waals surface area contributed by atoms with Crippen LogP contribution in [-0.4, -0.2) is 24.7 Å². The molecule has 24 heavy (non-hydrogen) atoms. The Hall–Kier alpha value is -0.820. The first kappa shape index (κ1) is 18.0. The predicted octanol–water partition coefficient (Wildman–Crippen LogP) is 4.00. The second-order valence-corrected chi connectivity index (χ2v) is 7.64. The van der Waals surface area contributed by atoms with Crippen molar-refractivity contribution < 1.29 is 4.74 Å². The highest BCUT2D eigenvalue weighted by molar-refractivity contribution is 14.0. The Balaban J connectivity index is 0.00000169. The summed E-state index contributed by atoms with van der Waals surface area (Å²) in [5, 5.41) is 3.30. The van der Waals surface area contributed by atoms with Gasteiger partial charge in [-0.2, -0.15) is 0 Å². The number of aliphatic imine (C=N–C) groups is 1. The molecule has 3 N–H and O–H groups in total. The number of anilines is 1. The van der Waals surface area contributed by atoms with Crippen molar-refractivity contribution in [2.45, 2.75) is 58.1 Å². The van der Waals surface area contributed by atoms with Crippen LogP contribution in [0.2, 0.25) is 0 Å². The van der Waals surface area contributed by atoms with Crippen molar-refractivity contribution in [2.24, 2.45) is 22.1 Å². The average Bonchev–Trinajstić information content (AvgIpc) is 3.12. The van der Waals surface area contributed by atoms with Gasteiger partial charge >= 0.3 is 0 Å². The lowest BCUT2D eigenvalue weighted by molar-refractivity contribution is -0.117. The highest BCUT2D eigenvalue weighted by atomic mass is 127. The molecule has 5 heteroatoms. The van der Waals surface area contributed by atoms with Gasteiger partial charge in [0.05, 0.1) is 12.1 Å². The van der Waals surface area contributed by atoms with Gasteiger partial charge < -0.3 is 15.8 Å². The molecule has 0 amide bonds. The number of fused-ring (bicyclic) bond motifs is 2. The van der Waals surface area contributed by atoms with E-state index in [4.69, 9.17) is 15.5 Å². The lowest BCUT2D eigenvalue weighted by Gasteiger charge is -2.54. The molecule has 4 nitrogen and oxygen atoms in total. The Morgan fingerprint density at radius 1 is 1.21 bits per heavy atom. The van der Waals surface area contributed by atoms with Gasteiger partial charge in [0, 0.05) is 23.6 Å². The zero-order valence-electron chi connectivity index (χ0n) is 14.5. The molecule has 3 atom stereocenters. The van der Waals surface area contributed by atoms with Crippen LogP contribution in [0.1, 0.15) is 43.2 Å². The smallest absolute Gasteiger partial charge is 0.193 e. The molecular weight excluding hydrogens is 413 g/mol. The molecule has 1 heterocycles. The predicted molar refractivity (Wildman–Crippen MR) is 109 cm³/mol. The Bertz CT molecular complexity index is 619. The SMILES string of the molecule is Cc1cc(C)cc(NC(N)=NC2C3CCOC3C23CCCC3)c1.I. The van der Waals surface area contributed by atoms with E-state index >= 15 is 0 Å². The third kappa shape index (κ3) is 2.94. The van der Waals surface area contributed by atoms with Gasteiger partial charge in [0.15, 0.2) is 5.96 Å². The fourth-order valence-corrected chi connectivity index (χ4v) is 5.21. The molecule has 3 aliphatic rings. The van der Waals surface area contributed by atoms with E-state index in [0.717, 1.165) is 18.7 Å². The van der Waals surface area contributed by atoms with Gasteiger partial charge in [-0.05, 0) is 56.4 Å². The van der Waals surface area contributed by atoms with Crippen molar-refractivity contribution in [3.05, 3.63) is 29.3 Å². The summed E-state index contributed by atoms with van der Waals surface area (Å²) in [6.45, 7) is 5.10. The molecule has 1 spiro atoms. The minimum Gasteiger partial charge on any atom is -0.377 e. The largest absolute Gasteiger partial charge is 0.377 e. The van der Waals surface area contributed by atoms with Crippen molar-refractivity contribution in [3.8, 4) is 0 Å². The minimum absolute atomic E-state index is 0. The molecule has 3 unspecified atom stereocenters. The van der Waals surface area contributed by atoms with Crippen LogP contribution in [0.5, 0.6) is 0 Å². The van der Waals surface area contributed by atoms with E-state index in [2.05, 4.69) is 37.4 Å². The topological polar surface area (TPSA) is 59.6 Å². The first-order valence-electron chi connectivity index (χ1n) is 8.89. The number of hydrogen-bond acceptors (Lipinski definition) is 2. The van der Waals surface area contributed by atoms with E-state index in [1.807, 2.05) is 0 Å². The molecule has 1 aromatic rings. The standard InChI is InChI=1S/C19H27N3O.HI/c1-12-9-13(2)11-14(10-12)21-18(20)22-16-15-5-8-23-17(15)19(16)6-3-4-7-19;/h9-11,15-17H,3-8H2,1-2H3,(H3,20,21,22);1H. The Morgan fingerprint density at radius 2 is 1.88 bits per heavy atom. The zero-order valence-corrected chi connectivity index (χ0v) is 16.9. The second kappa shape index (κ2) is 6.83. The highest BCUT2D eigenvalue weighted by Crippen LogP contribution is 2.62. The number of hydrogen-bond donors (Lipinski definition) is 2. The first-order chi connectivity index (χ1) is 11.1. The Morgan fingerprint density at radius 3 is 2.54 bits per heavy atom. The molecule has 2 aliphatic carbocycles. The average molecular weight is 441 g/mol. The normalized spacial score (nSPS) is 30.6. The summed E-state index contributed by atoms with van der Waals surface area (Å²) in [6, 6.07) is 6.74. The van der Waals surface area contributed by atoms with Crippen LogP contribution in [0.3, 0.4) is 0 Å². The maximum atomic E-state index is 6.25.